The zero-order valence-electron chi connectivity index (χ0n) is 12.7. The number of halogens is 1. The summed E-state index contributed by atoms with van der Waals surface area (Å²) >= 11 is 3.19. The topological polar surface area (TPSA) is 0 Å². The molecule has 0 aliphatic rings. The third-order valence-corrected chi connectivity index (χ3v) is 6.61. The van der Waals surface area contributed by atoms with Crippen molar-refractivity contribution in [2.24, 2.45) is 0 Å². The van der Waals surface area contributed by atoms with E-state index in [-0.39, 0.29) is 0 Å². The first-order chi connectivity index (χ1) is 9.93. The first kappa shape index (κ1) is 18.5. The van der Waals surface area contributed by atoms with Gasteiger partial charge in [0, 0.05) is 0 Å². The van der Waals surface area contributed by atoms with E-state index >= 15 is 0 Å². The molecule has 0 saturated heterocycles. The number of hydrogen-bond donors (Lipinski definition) is 0. The Bertz CT molecular complexity index is 300. The fraction of sp³-hybridized carbons (Fsp3) is 0.667. The average Bonchev–Trinajstić information content (AvgIpc) is 2.49. The van der Waals surface area contributed by atoms with Crippen molar-refractivity contribution in [3.8, 4) is 0 Å². The van der Waals surface area contributed by atoms with Crippen molar-refractivity contribution < 1.29 is 0 Å². The van der Waals surface area contributed by atoms with Crippen LogP contribution in [0.1, 0.15) is 64.2 Å². The van der Waals surface area contributed by atoms with E-state index < -0.39 is 0 Å². The molecule has 0 amide bonds. The van der Waals surface area contributed by atoms with E-state index in [4.69, 9.17) is 0 Å². The molecule has 20 heavy (non-hydrogen) atoms. The normalized spacial score (nSPS) is 10.8. The van der Waals surface area contributed by atoms with E-state index in [2.05, 4.69) is 52.9 Å². The number of rotatable bonds is 13. The second-order valence-electron chi connectivity index (χ2n) is 5.39. The van der Waals surface area contributed by atoms with Gasteiger partial charge < -0.3 is 0 Å². The maximum atomic E-state index is 2.48. The average molecular weight is 451 g/mol. The molecule has 0 fully saturated rings. The quantitative estimate of drug-likeness (QED) is 0.155. The molecule has 0 atom stereocenters. The van der Waals surface area contributed by atoms with Crippen molar-refractivity contribution in [3.63, 3.8) is 0 Å². The van der Waals surface area contributed by atoms with Crippen LogP contribution in [0.4, 0.5) is 0 Å². The predicted octanol–water partition coefficient (Wildman–Crippen LogP) is 5.77. The maximum absolute atomic E-state index is 2.48. The van der Waals surface area contributed by atoms with Crippen molar-refractivity contribution in [2.45, 2.75) is 69.5 Å². The zero-order chi connectivity index (χ0) is 14.3. The van der Waals surface area contributed by atoms with E-state index in [0.717, 1.165) is 0 Å². The summed E-state index contributed by atoms with van der Waals surface area (Å²) in [5.74, 6) is 0. The molecule has 0 radical (unpaired) electrons. The SMILES string of the molecule is ICCCCCCCCCCCC[Se]c1ccccc1. The zero-order valence-corrected chi connectivity index (χ0v) is 16.5. The Morgan fingerprint density at radius 3 is 1.70 bits per heavy atom. The third kappa shape index (κ3) is 11.2. The van der Waals surface area contributed by atoms with Gasteiger partial charge in [-0.15, -0.1) is 0 Å². The van der Waals surface area contributed by atoms with Gasteiger partial charge in [-0.05, 0) is 0 Å². The van der Waals surface area contributed by atoms with Crippen LogP contribution in [0.3, 0.4) is 0 Å². The van der Waals surface area contributed by atoms with Crippen molar-refractivity contribution in [1.82, 2.24) is 0 Å². The third-order valence-electron chi connectivity index (χ3n) is 3.54. The van der Waals surface area contributed by atoms with Gasteiger partial charge >= 0.3 is 124 Å². The summed E-state index contributed by atoms with van der Waals surface area (Å²) in [5.41, 5.74) is 0. The van der Waals surface area contributed by atoms with Gasteiger partial charge in [0.25, 0.3) is 0 Å². The standard InChI is InChI=1S/C18H29ISe/c19-16-12-7-5-3-1-2-4-6-8-13-17-20-18-14-10-9-11-15-18/h9-11,14-15H,1-8,12-13,16-17H2. The van der Waals surface area contributed by atoms with Crippen LogP contribution in [0.25, 0.3) is 0 Å². The van der Waals surface area contributed by atoms with Crippen LogP contribution < -0.4 is 4.46 Å². The Labute approximate surface area is 145 Å². The van der Waals surface area contributed by atoms with Crippen LogP contribution >= 0.6 is 22.6 Å². The molecule has 1 rings (SSSR count). The summed E-state index contributed by atoms with van der Waals surface area (Å²) in [6, 6.07) is 11.0. The summed E-state index contributed by atoms with van der Waals surface area (Å²) in [5, 5.41) is 1.42. The van der Waals surface area contributed by atoms with E-state index in [0.29, 0.717) is 15.0 Å². The molecule has 0 aromatic heterocycles. The van der Waals surface area contributed by atoms with Gasteiger partial charge in [-0.3, -0.25) is 0 Å². The van der Waals surface area contributed by atoms with E-state index in [1.54, 1.807) is 4.46 Å². The van der Waals surface area contributed by atoms with Gasteiger partial charge in [0.15, 0.2) is 0 Å². The van der Waals surface area contributed by atoms with Gasteiger partial charge in [0.2, 0.25) is 0 Å². The molecule has 0 aliphatic carbocycles. The summed E-state index contributed by atoms with van der Waals surface area (Å²) in [6.45, 7) is 0. The first-order valence-corrected chi connectivity index (χ1v) is 11.8. The van der Waals surface area contributed by atoms with Crippen LogP contribution in [0, 0.1) is 0 Å². The predicted molar refractivity (Wildman–Crippen MR) is 102 cm³/mol. The molecule has 0 N–H and O–H groups in total. The van der Waals surface area contributed by atoms with Crippen LogP contribution in [0.15, 0.2) is 30.3 Å². The Balaban J connectivity index is 1.77. The van der Waals surface area contributed by atoms with Gasteiger partial charge in [-0.2, -0.15) is 0 Å². The molecule has 0 bridgehead atoms. The number of alkyl halides is 1. The molecule has 0 aliphatic heterocycles. The second-order valence-corrected chi connectivity index (χ2v) is 8.92. The summed E-state index contributed by atoms with van der Waals surface area (Å²) in [7, 11) is 0. The van der Waals surface area contributed by atoms with Crippen molar-refractivity contribution >= 4 is 42.0 Å². The van der Waals surface area contributed by atoms with Crippen molar-refractivity contribution in [1.29, 1.82) is 0 Å². The molecule has 0 unspecified atom stereocenters. The van der Waals surface area contributed by atoms with E-state index in [1.165, 1.54) is 74.0 Å². The molecular weight excluding hydrogens is 422 g/mol. The Kier molecular flexibility index (Phi) is 13.3. The Morgan fingerprint density at radius 2 is 1.15 bits per heavy atom. The van der Waals surface area contributed by atoms with Gasteiger partial charge in [0.05, 0.1) is 0 Å². The molecule has 114 valence electrons. The summed E-state index contributed by atoms with van der Waals surface area (Å²) < 4.78 is 2.90. The van der Waals surface area contributed by atoms with Crippen LogP contribution in [0.5, 0.6) is 0 Å². The van der Waals surface area contributed by atoms with Crippen molar-refractivity contribution in [3.05, 3.63) is 30.3 Å². The van der Waals surface area contributed by atoms with Gasteiger partial charge in [-0.25, -0.2) is 0 Å². The second kappa shape index (κ2) is 14.4. The fourth-order valence-corrected chi connectivity index (χ4v) is 4.82. The summed E-state index contributed by atoms with van der Waals surface area (Å²) in [6.07, 6.45) is 14.5. The molecule has 0 saturated carbocycles. The number of benzene rings is 1. The minimum absolute atomic E-state index is 0.708. The number of unbranched alkanes of at least 4 members (excludes halogenated alkanes) is 9. The molecule has 2 heteroatoms. The fourth-order valence-electron chi connectivity index (χ4n) is 2.32. The Hall–Kier alpha value is 0.469. The van der Waals surface area contributed by atoms with Crippen LogP contribution in [-0.4, -0.2) is 19.4 Å². The summed E-state index contributed by atoms with van der Waals surface area (Å²) in [4.78, 5) is 0. The Morgan fingerprint density at radius 1 is 0.650 bits per heavy atom. The van der Waals surface area contributed by atoms with Crippen LogP contribution in [0.2, 0.25) is 5.32 Å². The number of hydrogen-bond acceptors (Lipinski definition) is 0. The van der Waals surface area contributed by atoms with E-state index in [1.807, 2.05) is 0 Å². The molecule has 1 aromatic rings. The minimum atomic E-state index is 0.708. The van der Waals surface area contributed by atoms with Gasteiger partial charge in [-0.1, -0.05) is 22.6 Å². The van der Waals surface area contributed by atoms with Crippen molar-refractivity contribution in [2.75, 3.05) is 4.43 Å². The molecule has 0 nitrogen and oxygen atoms in total. The molecule has 0 heterocycles. The molecule has 1 aromatic carbocycles. The first-order valence-electron chi connectivity index (χ1n) is 8.17. The molecular formula is C18H29ISe. The van der Waals surface area contributed by atoms with Gasteiger partial charge in [0.1, 0.15) is 0 Å². The van der Waals surface area contributed by atoms with Crippen LogP contribution in [-0.2, 0) is 0 Å². The molecule has 0 spiro atoms. The monoisotopic (exact) mass is 452 g/mol. The van der Waals surface area contributed by atoms with E-state index in [9.17, 15) is 0 Å².